The van der Waals surface area contributed by atoms with Crippen molar-refractivity contribution >= 4 is 5.91 Å². The number of aliphatic hydroxyl groups excluding tert-OH is 1. The molecule has 1 aromatic heterocycles. The van der Waals surface area contributed by atoms with Crippen molar-refractivity contribution in [3.05, 3.63) is 17.5 Å². The molecule has 3 rings (SSSR count). The van der Waals surface area contributed by atoms with Crippen molar-refractivity contribution in [3.8, 4) is 0 Å². The van der Waals surface area contributed by atoms with E-state index in [-0.39, 0.29) is 12.5 Å². The average Bonchev–Trinajstić information content (AvgIpc) is 3.21. The summed E-state index contributed by atoms with van der Waals surface area (Å²) in [6.45, 7) is -0.00786. The van der Waals surface area contributed by atoms with E-state index >= 15 is 0 Å². The van der Waals surface area contributed by atoms with Crippen LogP contribution in [0.2, 0.25) is 0 Å². The highest BCUT2D eigenvalue weighted by molar-refractivity contribution is 5.93. The predicted molar refractivity (Wildman–Crippen MR) is 55.0 cm³/mol. The highest BCUT2D eigenvalue weighted by Crippen LogP contribution is 2.40. The lowest BCUT2D eigenvalue weighted by atomic mass is 10.2. The van der Waals surface area contributed by atoms with Crippen LogP contribution in [-0.4, -0.2) is 28.3 Å². The van der Waals surface area contributed by atoms with Gasteiger partial charge in [0.25, 0.3) is 5.91 Å². The topological polar surface area (TPSA) is 75.4 Å². The minimum absolute atomic E-state index is 0.00786. The van der Waals surface area contributed by atoms with Crippen molar-refractivity contribution in [1.29, 1.82) is 0 Å². The Labute approximate surface area is 92.8 Å². The molecular formula is C11H14N2O3. The molecule has 0 saturated heterocycles. The van der Waals surface area contributed by atoms with Crippen molar-refractivity contribution in [2.24, 2.45) is 0 Å². The molecule has 0 bridgehead atoms. The lowest BCUT2D eigenvalue weighted by Gasteiger charge is -2.12. The van der Waals surface area contributed by atoms with Gasteiger partial charge in [-0.05, 0) is 25.7 Å². The van der Waals surface area contributed by atoms with Gasteiger partial charge in [0.05, 0.1) is 12.1 Å². The van der Waals surface area contributed by atoms with Gasteiger partial charge in [-0.25, -0.2) is 0 Å². The Kier molecular flexibility index (Phi) is 2.04. The van der Waals surface area contributed by atoms with Gasteiger partial charge >= 0.3 is 0 Å². The molecule has 2 saturated carbocycles. The predicted octanol–water partition coefficient (Wildman–Crippen LogP) is 0.807. The van der Waals surface area contributed by atoms with E-state index in [1.165, 1.54) is 0 Å². The van der Waals surface area contributed by atoms with Crippen molar-refractivity contribution in [3.63, 3.8) is 0 Å². The molecule has 0 aromatic carbocycles. The number of nitrogens with zero attached hydrogens (tertiary/aromatic N) is 1. The second-order valence-corrected chi connectivity index (χ2v) is 4.78. The lowest BCUT2D eigenvalue weighted by Crippen LogP contribution is -2.39. The summed E-state index contributed by atoms with van der Waals surface area (Å²) in [7, 11) is 0. The molecule has 0 radical (unpaired) electrons. The first-order valence-corrected chi connectivity index (χ1v) is 5.62. The van der Waals surface area contributed by atoms with Gasteiger partial charge in [-0.15, -0.1) is 0 Å². The van der Waals surface area contributed by atoms with Gasteiger partial charge < -0.3 is 14.9 Å². The third-order valence-electron chi connectivity index (χ3n) is 3.28. The number of aliphatic hydroxyl groups is 1. The van der Waals surface area contributed by atoms with Gasteiger partial charge in [-0.2, -0.15) is 0 Å². The van der Waals surface area contributed by atoms with Crippen LogP contribution < -0.4 is 5.32 Å². The standard InChI is InChI=1S/C11H14N2O3/c14-6-11(3-4-11)12-10(15)8-5-9(16-13-8)7-1-2-7/h5,7,14H,1-4,6H2,(H,12,15). The zero-order valence-electron chi connectivity index (χ0n) is 8.90. The lowest BCUT2D eigenvalue weighted by molar-refractivity contribution is 0.0897. The molecule has 1 aromatic rings. The first kappa shape index (κ1) is 9.84. The van der Waals surface area contributed by atoms with Crippen LogP contribution in [0, 0.1) is 0 Å². The van der Waals surface area contributed by atoms with Gasteiger partial charge in [0.15, 0.2) is 5.69 Å². The quantitative estimate of drug-likeness (QED) is 0.790. The van der Waals surface area contributed by atoms with Crippen molar-refractivity contribution in [2.75, 3.05) is 6.61 Å². The Balaban J connectivity index is 1.68. The van der Waals surface area contributed by atoms with Gasteiger partial charge in [-0.3, -0.25) is 4.79 Å². The van der Waals surface area contributed by atoms with E-state index in [0.717, 1.165) is 31.4 Å². The molecule has 1 heterocycles. The van der Waals surface area contributed by atoms with Crippen LogP contribution in [0.3, 0.4) is 0 Å². The minimum Gasteiger partial charge on any atom is -0.394 e. The van der Waals surface area contributed by atoms with E-state index in [1.54, 1.807) is 6.07 Å². The molecule has 5 nitrogen and oxygen atoms in total. The fourth-order valence-corrected chi connectivity index (χ4v) is 1.73. The second kappa shape index (κ2) is 3.31. The Morgan fingerprint density at radius 1 is 1.62 bits per heavy atom. The average molecular weight is 222 g/mol. The van der Waals surface area contributed by atoms with E-state index < -0.39 is 5.54 Å². The molecule has 5 heteroatoms. The molecule has 0 atom stereocenters. The van der Waals surface area contributed by atoms with Gasteiger partial charge in [0.2, 0.25) is 0 Å². The largest absolute Gasteiger partial charge is 0.394 e. The molecule has 2 aliphatic rings. The molecule has 16 heavy (non-hydrogen) atoms. The zero-order chi connectivity index (χ0) is 11.2. The van der Waals surface area contributed by atoms with Crippen molar-refractivity contribution in [2.45, 2.75) is 37.1 Å². The van der Waals surface area contributed by atoms with Crippen LogP contribution in [0.15, 0.2) is 10.6 Å². The number of carbonyl (C=O) groups excluding carboxylic acids is 1. The number of hydrogen-bond donors (Lipinski definition) is 2. The van der Waals surface area contributed by atoms with Crippen LogP contribution in [0.5, 0.6) is 0 Å². The van der Waals surface area contributed by atoms with E-state index in [4.69, 9.17) is 9.63 Å². The van der Waals surface area contributed by atoms with Gasteiger partial charge in [0.1, 0.15) is 5.76 Å². The number of hydrogen-bond acceptors (Lipinski definition) is 4. The summed E-state index contributed by atoms with van der Waals surface area (Å²) in [5.74, 6) is 1.02. The monoisotopic (exact) mass is 222 g/mol. The number of aromatic nitrogens is 1. The molecule has 2 fully saturated rings. The van der Waals surface area contributed by atoms with Crippen molar-refractivity contribution in [1.82, 2.24) is 10.5 Å². The summed E-state index contributed by atoms with van der Waals surface area (Å²) in [6, 6.07) is 1.71. The number of rotatable bonds is 4. The fraction of sp³-hybridized carbons (Fsp3) is 0.636. The normalized spacial score (nSPS) is 21.8. The molecule has 0 aliphatic heterocycles. The van der Waals surface area contributed by atoms with Crippen LogP contribution >= 0.6 is 0 Å². The van der Waals surface area contributed by atoms with E-state index in [9.17, 15) is 4.79 Å². The molecule has 2 aliphatic carbocycles. The van der Waals surface area contributed by atoms with Crippen molar-refractivity contribution < 1.29 is 14.4 Å². The molecular weight excluding hydrogens is 208 g/mol. The summed E-state index contributed by atoms with van der Waals surface area (Å²) in [5, 5.41) is 15.6. The second-order valence-electron chi connectivity index (χ2n) is 4.78. The molecule has 1 amide bonds. The Morgan fingerprint density at radius 2 is 2.38 bits per heavy atom. The van der Waals surface area contributed by atoms with Crippen LogP contribution in [0.25, 0.3) is 0 Å². The first-order valence-electron chi connectivity index (χ1n) is 5.62. The highest BCUT2D eigenvalue weighted by atomic mass is 16.5. The molecule has 86 valence electrons. The Bertz CT molecular complexity index is 419. The first-order chi connectivity index (χ1) is 7.72. The Morgan fingerprint density at radius 3 is 2.94 bits per heavy atom. The summed E-state index contributed by atoms with van der Waals surface area (Å²) in [5.41, 5.74) is -0.0721. The third-order valence-corrected chi connectivity index (χ3v) is 3.28. The Hall–Kier alpha value is -1.36. The van der Waals surface area contributed by atoms with Crippen LogP contribution in [0.4, 0.5) is 0 Å². The summed E-state index contributed by atoms with van der Waals surface area (Å²) in [6.07, 6.45) is 3.92. The van der Waals surface area contributed by atoms with E-state index in [1.807, 2.05) is 0 Å². The molecule has 2 N–H and O–H groups in total. The van der Waals surface area contributed by atoms with E-state index in [0.29, 0.717) is 11.6 Å². The van der Waals surface area contributed by atoms with Crippen LogP contribution in [0.1, 0.15) is 47.8 Å². The summed E-state index contributed by atoms with van der Waals surface area (Å²) < 4.78 is 5.10. The number of carbonyl (C=O) groups is 1. The third kappa shape index (κ3) is 1.71. The summed E-state index contributed by atoms with van der Waals surface area (Å²) in [4.78, 5) is 11.8. The zero-order valence-corrected chi connectivity index (χ0v) is 8.90. The maximum Gasteiger partial charge on any atom is 0.273 e. The minimum atomic E-state index is -0.393. The number of amides is 1. The highest BCUT2D eigenvalue weighted by Gasteiger charge is 2.44. The van der Waals surface area contributed by atoms with E-state index in [2.05, 4.69) is 10.5 Å². The maximum absolute atomic E-state index is 11.8. The smallest absolute Gasteiger partial charge is 0.273 e. The molecule has 0 spiro atoms. The maximum atomic E-state index is 11.8. The summed E-state index contributed by atoms with van der Waals surface area (Å²) >= 11 is 0. The number of nitrogens with one attached hydrogen (secondary N) is 1. The van der Waals surface area contributed by atoms with Crippen LogP contribution in [-0.2, 0) is 0 Å². The molecule has 0 unspecified atom stereocenters. The van der Waals surface area contributed by atoms with Gasteiger partial charge in [-0.1, -0.05) is 5.16 Å². The fourth-order valence-electron chi connectivity index (χ4n) is 1.73. The SMILES string of the molecule is O=C(NC1(CO)CC1)c1cc(C2CC2)on1. The van der Waals surface area contributed by atoms with Gasteiger partial charge in [0, 0.05) is 12.0 Å².